The van der Waals surface area contributed by atoms with Gasteiger partial charge in [-0.25, -0.2) is 14.8 Å². The van der Waals surface area contributed by atoms with Gasteiger partial charge in [-0.1, -0.05) is 24.3 Å². The molecule has 1 saturated heterocycles. The summed E-state index contributed by atoms with van der Waals surface area (Å²) in [6.07, 6.45) is 6.96. The third-order valence-corrected chi connectivity index (χ3v) is 6.52. The smallest absolute Gasteiger partial charge is 0.325 e. The van der Waals surface area contributed by atoms with Gasteiger partial charge < -0.3 is 21.3 Å². The second-order valence-electron chi connectivity index (χ2n) is 8.28. The van der Waals surface area contributed by atoms with Gasteiger partial charge in [0.2, 0.25) is 0 Å². The number of anilines is 3. The quantitative estimate of drug-likeness (QED) is 0.403. The summed E-state index contributed by atoms with van der Waals surface area (Å²) in [4.78, 5) is 35.7. The van der Waals surface area contributed by atoms with E-state index in [4.69, 9.17) is 5.73 Å². The van der Waals surface area contributed by atoms with Crippen LogP contribution in [0.5, 0.6) is 0 Å². The van der Waals surface area contributed by atoms with E-state index < -0.39 is 5.91 Å². The summed E-state index contributed by atoms with van der Waals surface area (Å²) >= 11 is 1.27. The maximum atomic E-state index is 12.8. The Morgan fingerprint density at radius 2 is 1.97 bits per heavy atom. The topological polar surface area (TPSA) is 131 Å². The zero-order chi connectivity index (χ0) is 23.7. The molecule has 1 atom stereocenters. The molecule has 11 heteroatoms. The van der Waals surface area contributed by atoms with Crippen molar-refractivity contribution in [3.8, 4) is 0 Å². The number of nitrogens with zero attached hydrogens (tertiary/aromatic N) is 5. The molecule has 1 aliphatic rings. The molecule has 2 amide bonds. The highest BCUT2D eigenvalue weighted by Gasteiger charge is 2.24. The first-order chi connectivity index (χ1) is 16.5. The molecule has 0 spiro atoms. The number of amides is 2. The Morgan fingerprint density at radius 1 is 1.21 bits per heavy atom. The van der Waals surface area contributed by atoms with Crippen molar-refractivity contribution >= 4 is 50.9 Å². The van der Waals surface area contributed by atoms with Crippen LogP contribution in [0.1, 0.15) is 29.0 Å². The molecule has 3 aromatic heterocycles. The molecule has 0 aliphatic carbocycles. The molecular weight excluding hydrogens is 452 g/mol. The van der Waals surface area contributed by atoms with Crippen LogP contribution in [0.4, 0.5) is 21.4 Å². The lowest BCUT2D eigenvalue weighted by Gasteiger charge is -2.34. The number of fused-ring (bicyclic) bond motifs is 1. The van der Waals surface area contributed by atoms with Crippen molar-refractivity contribution in [3.63, 3.8) is 0 Å². The van der Waals surface area contributed by atoms with Gasteiger partial charge in [-0.05, 0) is 48.1 Å². The minimum absolute atomic E-state index is 0.0510. The van der Waals surface area contributed by atoms with Crippen LogP contribution in [0.2, 0.25) is 0 Å². The van der Waals surface area contributed by atoms with Crippen molar-refractivity contribution in [2.75, 3.05) is 23.3 Å². The van der Waals surface area contributed by atoms with Crippen molar-refractivity contribution in [1.29, 1.82) is 0 Å². The number of aromatic nitrogens is 4. The van der Waals surface area contributed by atoms with E-state index in [0.29, 0.717) is 18.2 Å². The first-order valence-electron chi connectivity index (χ1n) is 11.0. The van der Waals surface area contributed by atoms with E-state index in [1.54, 1.807) is 10.8 Å². The van der Waals surface area contributed by atoms with Gasteiger partial charge in [0.25, 0.3) is 5.91 Å². The zero-order valence-electron chi connectivity index (χ0n) is 18.6. The molecule has 4 aromatic rings. The van der Waals surface area contributed by atoms with Crippen LogP contribution < -0.4 is 21.3 Å². The summed E-state index contributed by atoms with van der Waals surface area (Å²) in [7, 11) is 0. The van der Waals surface area contributed by atoms with Crippen LogP contribution in [-0.2, 0) is 0 Å². The number of nitrogens with one attached hydrogen (secondary N) is 2. The molecule has 4 heterocycles. The number of primary amides is 1. The first-order valence-corrected chi connectivity index (χ1v) is 11.7. The van der Waals surface area contributed by atoms with Gasteiger partial charge in [-0.15, -0.1) is 0 Å². The number of rotatable bonds is 5. The molecule has 5 rings (SSSR count). The minimum Gasteiger partial charge on any atom is -0.364 e. The Hall–Kier alpha value is -3.99. The fourth-order valence-corrected chi connectivity index (χ4v) is 4.75. The third-order valence-electron chi connectivity index (χ3n) is 5.72. The van der Waals surface area contributed by atoms with Gasteiger partial charge in [-0.3, -0.25) is 9.36 Å². The van der Waals surface area contributed by atoms with E-state index in [9.17, 15) is 9.59 Å². The second kappa shape index (κ2) is 9.10. The van der Waals surface area contributed by atoms with E-state index >= 15 is 0 Å². The first kappa shape index (κ1) is 21.8. The van der Waals surface area contributed by atoms with E-state index in [1.165, 1.54) is 11.5 Å². The van der Waals surface area contributed by atoms with Gasteiger partial charge in [0.15, 0.2) is 11.5 Å². The molecule has 1 aromatic carbocycles. The molecule has 0 radical (unpaired) electrons. The zero-order valence-corrected chi connectivity index (χ0v) is 19.4. The number of nitrogens with two attached hydrogens (primary N) is 1. The summed E-state index contributed by atoms with van der Waals surface area (Å²) in [5.74, 6) is 0.240. The predicted molar refractivity (Wildman–Crippen MR) is 132 cm³/mol. The summed E-state index contributed by atoms with van der Waals surface area (Å²) < 4.78 is 5.83. The molecule has 174 valence electrons. The number of hydrogen-bond acceptors (Lipinski definition) is 8. The van der Waals surface area contributed by atoms with E-state index in [1.807, 2.05) is 49.6 Å². The van der Waals surface area contributed by atoms with Crippen molar-refractivity contribution in [3.05, 3.63) is 60.3 Å². The van der Waals surface area contributed by atoms with Gasteiger partial charge in [0.05, 0.1) is 11.9 Å². The van der Waals surface area contributed by atoms with Crippen LogP contribution in [0, 0.1) is 6.92 Å². The lowest BCUT2D eigenvalue weighted by molar-refractivity contribution is 0.0996. The Morgan fingerprint density at radius 3 is 2.65 bits per heavy atom. The third kappa shape index (κ3) is 4.55. The van der Waals surface area contributed by atoms with Crippen molar-refractivity contribution in [2.45, 2.75) is 25.8 Å². The Bertz CT molecular complexity index is 1330. The van der Waals surface area contributed by atoms with Gasteiger partial charge in [0.1, 0.15) is 10.8 Å². The SMILES string of the molecule is Cc1cc(Nc2nc(N3CCC[C@@H](NC(=O)n4cc5ccccc5c4)C3)cnc2C(N)=O)sn1. The number of aryl methyl sites for hydroxylation is 1. The fourth-order valence-electron chi connectivity index (χ4n) is 4.09. The summed E-state index contributed by atoms with van der Waals surface area (Å²) in [6, 6.07) is 9.51. The lowest BCUT2D eigenvalue weighted by atomic mass is 10.1. The number of benzene rings is 1. The molecule has 0 unspecified atom stereocenters. The summed E-state index contributed by atoms with van der Waals surface area (Å²) in [5, 5.41) is 9.01. The number of piperidine rings is 1. The number of hydrogen-bond donors (Lipinski definition) is 3. The largest absolute Gasteiger partial charge is 0.364 e. The van der Waals surface area contributed by atoms with E-state index in [-0.39, 0.29) is 17.8 Å². The maximum absolute atomic E-state index is 12.8. The van der Waals surface area contributed by atoms with Crippen LogP contribution in [0.15, 0.2) is 48.9 Å². The Balaban J connectivity index is 1.32. The van der Waals surface area contributed by atoms with Gasteiger partial charge in [-0.2, -0.15) is 4.37 Å². The van der Waals surface area contributed by atoms with Crippen molar-refractivity contribution < 1.29 is 9.59 Å². The second-order valence-corrected chi connectivity index (χ2v) is 9.08. The van der Waals surface area contributed by atoms with Crippen LogP contribution >= 0.6 is 11.5 Å². The van der Waals surface area contributed by atoms with Crippen LogP contribution in [0.25, 0.3) is 10.8 Å². The molecule has 34 heavy (non-hydrogen) atoms. The van der Waals surface area contributed by atoms with Crippen LogP contribution in [0.3, 0.4) is 0 Å². The monoisotopic (exact) mass is 476 g/mol. The highest BCUT2D eigenvalue weighted by molar-refractivity contribution is 7.10. The standard InChI is InChI=1S/C23H24N8O2S/c1-14-9-19(34-29-14)28-22-20(21(24)32)25-10-18(27-22)30-8-4-7-17(13-30)26-23(33)31-11-15-5-2-3-6-16(15)12-31/h2-3,5-6,9-12,17H,4,7-8,13H2,1H3,(H2,24,32)(H,26,33)(H,27,28)/t17-/m1/s1. The Labute approximate surface area is 200 Å². The number of carbonyl (C=O) groups excluding carboxylic acids is 2. The van der Waals surface area contributed by atoms with Crippen molar-refractivity contribution in [1.82, 2.24) is 24.2 Å². The summed E-state index contributed by atoms with van der Waals surface area (Å²) in [5.41, 5.74) is 6.43. The minimum atomic E-state index is -0.661. The average molecular weight is 477 g/mol. The molecular formula is C23H24N8O2S. The fraction of sp³-hybridized carbons (Fsp3) is 0.261. The van der Waals surface area contributed by atoms with Gasteiger partial charge >= 0.3 is 6.03 Å². The van der Waals surface area contributed by atoms with Gasteiger partial charge in [0, 0.05) is 31.5 Å². The van der Waals surface area contributed by atoms with E-state index in [0.717, 1.165) is 40.9 Å². The Kier molecular flexibility index (Phi) is 5.84. The maximum Gasteiger partial charge on any atom is 0.325 e. The molecule has 1 fully saturated rings. The highest BCUT2D eigenvalue weighted by Crippen LogP contribution is 2.25. The van der Waals surface area contributed by atoms with Crippen molar-refractivity contribution in [2.24, 2.45) is 5.73 Å². The van der Waals surface area contributed by atoms with E-state index in [2.05, 4.69) is 29.9 Å². The number of carbonyl (C=O) groups is 2. The average Bonchev–Trinajstić information content (AvgIpc) is 3.45. The molecule has 0 saturated carbocycles. The lowest BCUT2D eigenvalue weighted by Crippen LogP contribution is -2.49. The molecule has 0 bridgehead atoms. The summed E-state index contributed by atoms with van der Waals surface area (Å²) in [6.45, 7) is 3.23. The molecule has 10 nitrogen and oxygen atoms in total. The molecule has 1 aliphatic heterocycles. The molecule has 4 N–H and O–H groups in total. The van der Waals surface area contributed by atoms with Crippen LogP contribution in [-0.4, -0.2) is 50.0 Å². The predicted octanol–water partition coefficient (Wildman–Crippen LogP) is 3.27. The highest BCUT2D eigenvalue weighted by atomic mass is 32.1. The normalized spacial score (nSPS) is 15.9.